The van der Waals surface area contributed by atoms with Gasteiger partial charge in [0.2, 0.25) is 5.91 Å². The molecule has 6 heteroatoms. The van der Waals surface area contributed by atoms with Crippen LogP contribution in [0, 0.1) is 5.82 Å². The summed E-state index contributed by atoms with van der Waals surface area (Å²) < 4.78 is 13.9. The minimum atomic E-state index is -0.221. The van der Waals surface area contributed by atoms with E-state index in [1.54, 1.807) is 18.2 Å². The van der Waals surface area contributed by atoms with Crippen molar-refractivity contribution in [3.05, 3.63) is 75.0 Å². The second-order valence-corrected chi connectivity index (χ2v) is 8.03. The van der Waals surface area contributed by atoms with Crippen LogP contribution in [-0.2, 0) is 11.3 Å². The first-order chi connectivity index (χ1) is 12.9. The number of benzene rings is 2. The number of amides is 1. The first kappa shape index (κ1) is 20.1. The third-order valence-corrected chi connectivity index (χ3v) is 5.60. The highest BCUT2D eigenvalue weighted by Crippen LogP contribution is 2.23. The number of rotatable bonds is 4. The molecule has 0 saturated carbocycles. The Labute approximate surface area is 172 Å². The lowest BCUT2D eigenvalue weighted by molar-refractivity contribution is -0.130. The van der Waals surface area contributed by atoms with Gasteiger partial charge in [-0.3, -0.25) is 9.69 Å². The average Bonchev–Trinajstić information content (AvgIpc) is 2.63. The molecule has 0 aliphatic carbocycles. The summed E-state index contributed by atoms with van der Waals surface area (Å²) in [6.07, 6.45) is 3.42. The van der Waals surface area contributed by atoms with Gasteiger partial charge in [0.05, 0.1) is 0 Å². The van der Waals surface area contributed by atoms with Gasteiger partial charge in [0.15, 0.2) is 0 Å². The van der Waals surface area contributed by atoms with Crippen molar-refractivity contribution in [2.45, 2.75) is 19.5 Å². The standard InChI is InChI=1S/C21H21BrClFN2O/c1-15-13-25(14-16-2-7-19(24)8-3-16)10-11-26(15)21(27)9-5-17-4-6-18(23)12-20(17)22/h2-9,12,15H,10-11,13-14H2,1H3/t15-/m1/s1. The Bertz CT molecular complexity index is 841. The predicted molar refractivity (Wildman–Crippen MR) is 111 cm³/mol. The third-order valence-electron chi connectivity index (χ3n) is 4.68. The molecule has 2 aromatic rings. The molecule has 1 fully saturated rings. The lowest BCUT2D eigenvalue weighted by Gasteiger charge is -2.39. The normalized spacial score (nSPS) is 18.2. The number of hydrogen-bond donors (Lipinski definition) is 0. The fraction of sp³-hybridized carbons (Fsp3) is 0.286. The molecule has 1 aliphatic rings. The molecule has 0 bridgehead atoms. The van der Waals surface area contributed by atoms with E-state index in [0.29, 0.717) is 11.6 Å². The third kappa shape index (κ3) is 5.41. The summed E-state index contributed by atoms with van der Waals surface area (Å²) in [5.41, 5.74) is 1.99. The van der Waals surface area contributed by atoms with Crippen molar-refractivity contribution >= 4 is 39.5 Å². The number of nitrogens with zero attached hydrogens (tertiary/aromatic N) is 2. The fourth-order valence-electron chi connectivity index (χ4n) is 3.25. The first-order valence-electron chi connectivity index (χ1n) is 8.83. The summed E-state index contributed by atoms with van der Waals surface area (Å²) in [4.78, 5) is 16.8. The predicted octanol–water partition coefficient (Wildman–Crippen LogP) is 4.99. The van der Waals surface area contributed by atoms with Crippen LogP contribution in [0.2, 0.25) is 5.02 Å². The van der Waals surface area contributed by atoms with E-state index in [-0.39, 0.29) is 17.8 Å². The first-order valence-corrected chi connectivity index (χ1v) is 10.00. The van der Waals surface area contributed by atoms with E-state index in [9.17, 15) is 9.18 Å². The van der Waals surface area contributed by atoms with Gasteiger partial charge in [-0.15, -0.1) is 0 Å². The van der Waals surface area contributed by atoms with E-state index in [1.165, 1.54) is 12.1 Å². The van der Waals surface area contributed by atoms with Gasteiger partial charge in [-0.05, 0) is 48.4 Å². The van der Waals surface area contributed by atoms with Crippen LogP contribution >= 0.6 is 27.5 Å². The Hall–Kier alpha value is -1.69. The molecular formula is C21H21BrClFN2O. The van der Waals surface area contributed by atoms with Gasteiger partial charge >= 0.3 is 0 Å². The molecular weight excluding hydrogens is 431 g/mol. The van der Waals surface area contributed by atoms with Gasteiger partial charge < -0.3 is 4.90 Å². The van der Waals surface area contributed by atoms with Crippen LogP contribution in [0.3, 0.4) is 0 Å². The van der Waals surface area contributed by atoms with Crippen LogP contribution in [0.15, 0.2) is 53.0 Å². The van der Waals surface area contributed by atoms with Crippen molar-refractivity contribution in [1.82, 2.24) is 9.80 Å². The smallest absolute Gasteiger partial charge is 0.246 e. The van der Waals surface area contributed by atoms with Crippen molar-refractivity contribution in [3.63, 3.8) is 0 Å². The highest BCUT2D eigenvalue weighted by molar-refractivity contribution is 9.10. The minimum absolute atomic E-state index is 0.00535. The van der Waals surface area contributed by atoms with Crippen LogP contribution in [0.5, 0.6) is 0 Å². The Morgan fingerprint density at radius 2 is 2.00 bits per heavy atom. The summed E-state index contributed by atoms with van der Waals surface area (Å²) in [6.45, 7) is 5.09. The van der Waals surface area contributed by atoms with E-state index in [4.69, 9.17) is 11.6 Å². The average molecular weight is 452 g/mol. The highest BCUT2D eigenvalue weighted by atomic mass is 79.9. The topological polar surface area (TPSA) is 23.6 Å². The maximum absolute atomic E-state index is 13.0. The Morgan fingerprint density at radius 3 is 2.67 bits per heavy atom. The Kier molecular flexibility index (Phi) is 6.68. The zero-order valence-electron chi connectivity index (χ0n) is 15.0. The molecule has 1 amide bonds. The van der Waals surface area contributed by atoms with E-state index in [1.807, 2.05) is 29.2 Å². The number of halogens is 3. The second-order valence-electron chi connectivity index (χ2n) is 6.74. The fourth-order valence-corrected chi connectivity index (χ4v) is 4.06. The molecule has 2 aromatic carbocycles. The maximum Gasteiger partial charge on any atom is 0.246 e. The number of hydrogen-bond acceptors (Lipinski definition) is 2. The van der Waals surface area contributed by atoms with Crippen LogP contribution in [-0.4, -0.2) is 41.4 Å². The van der Waals surface area contributed by atoms with E-state index in [2.05, 4.69) is 27.8 Å². The summed E-state index contributed by atoms with van der Waals surface area (Å²) in [5, 5.41) is 0.649. The Morgan fingerprint density at radius 1 is 1.26 bits per heavy atom. The monoisotopic (exact) mass is 450 g/mol. The molecule has 0 aromatic heterocycles. The minimum Gasteiger partial charge on any atom is -0.334 e. The number of carbonyl (C=O) groups excluding carboxylic acids is 1. The molecule has 3 rings (SSSR count). The zero-order valence-corrected chi connectivity index (χ0v) is 17.4. The maximum atomic E-state index is 13.0. The van der Waals surface area contributed by atoms with Gasteiger partial charge in [0, 0.05) is 47.8 Å². The molecule has 1 saturated heterocycles. The molecule has 0 unspecified atom stereocenters. The molecule has 0 radical (unpaired) electrons. The summed E-state index contributed by atoms with van der Waals surface area (Å²) in [5.74, 6) is -0.215. The number of carbonyl (C=O) groups is 1. The van der Waals surface area contributed by atoms with E-state index >= 15 is 0 Å². The number of piperazine rings is 1. The Balaban J connectivity index is 1.57. The SMILES string of the molecule is C[C@@H]1CN(Cc2ccc(F)cc2)CCN1C(=O)C=Cc1ccc(Cl)cc1Br. The second kappa shape index (κ2) is 9.00. The van der Waals surface area contributed by atoms with Crippen LogP contribution in [0.4, 0.5) is 4.39 Å². The molecule has 27 heavy (non-hydrogen) atoms. The van der Waals surface area contributed by atoms with Gasteiger partial charge in [0.1, 0.15) is 5.82 Å². The van der Waals surface area contributed by atoms with Gasteiger partial charge in [0.25, 0.3) is 0 Å². The van der Waals surface area contributed by atoms with Crippen LogP contribution in [0.1, 0.15) is 18.1 Å². The summed E-state index contributed by atoms with van der Waals surface area (Å²) in [6, 6.07) is 12.2. The van der Waals surface area contributed by atoms with Gasteiger partial charge in [-0.1, -0.05) is 45.7 Å². The van der Waals surface area contributed by atoms with Crippen molar-refractivity contribution in [3.8, 4) is 0 Å². The summed E-state index contributed by atoms with van der Waals surface area (Å²) >= 11 is 9.41. The van der Waals surface area contributed by atoms with E-state index in [0.717, 1.165) is 35.2 Å². The lowest BCUT2D eigenvalue weighted by Crippen LogP contribution is -2.53. The molecule has 142 valence electrons. The van der Waals surface area contributed by atoms with Crippen LogP contribution in [0.25, 0.3) is 6.08 Å². The van der Waals surface area contributed by atoms with Crippen molar-refractivity contribution in [2.75, 3.05) is 19.6 Å². The van der Waals surface area contributed by atoms with Crippen molar-refractivity contribution in [1.29, 1.82) is 0 Å². The van der Waals surface area contributed by atoms with Gasteiger partial charge in [-0.25, -0.2) is 4.39 Å². The molecule has 0 N–H and O–H groups in total. The largest absolute Gasteiger partial charge is 0.334 e. The molecule has 3 nitrogen and oxygen atoms in total. The molecule has 1 aliphatic heterocycles. The molecule has 1 heterocycles. The zero-order chi connectivity index (χ0) is 19.4. The molecule has 0 spiro atoms. The highest BCUT2D eigenvalue weighted by Gasteiger charge is 2.26. The molecule has 1 atom stereocenters. The van der Waals surface area contributed by atoms with E-state index < -0.39 is 0 Å². The van der Waals surface area contributed by atoms with Crippen molar-refractivity contribution < 1.29 is 9.18 Å². The van der Waals surface area contributed by atoms with Crippen molar-refractivity contribution in [2.24, 2.45) is 0 Å². The van der Waals surface area contributed by atoms with Gasteiger partial charge in [-0.2, -0.15) is 0 Å². The quantitative estimate of drug-likeness (QED) is 0.612. The lowest BCUT2D eigenvalue weighted by atomic mass is 10.1. The van der Waals surface area contributed by atoms with Crippen LogP contribution < -0.4 is 0 Å². The summed E-state index contributed by atoms with van der Waals surface area (Å²) in [7, 11) is 0.